The summed E-state index contributed by atoms with van der Waals surface area (Å²) in [6.07, 6.45) is 0. The molecule has 3 aromatic heterocycles. The molecule has 6 heterocycles. The molecule has 0 fully saturated rings. The van der Waals surface area contributed by atoms with Crippen LogP contribution in [0.3, 0.4) is 0 Å². The number of aromatic nitrogens is 6. The second kappa shape index (κ2) is 17.6. The summed E-state index contributed by atoms with van der Waals surface area (Å²) in [5.41, 5.74) is -14.8. The molecule has 9 rings (SSSR count). The van der Waals surface area contributed by atoms with E-state index in [-0.39, 0.29) is 36.2 Å². The topological polar surface area (TPSA) is 211 Å². The summed E-state index contributed by atoms with van der Waals surface area (Å²) in [6.45, 7) is 8.48. The Morgan fingerprint density at radius 2 is 0.833 bits per heavy atom. The second-order valence-electron chi connectivity index (χ2n) is 14.0. The molecule has 0 saturated carbocycles. The van der Waals surface area contributed by atoms with Gasteiger partial charge in [-0.1, -0.05) is 0 Å². The van der Waals surface area contributed by atoms with Crippen LogP contribution in [-0.2, 0) is 72.8 Å². The van der Waals surface area contributed by atoms with Crippen molar-refractivity contribution in [2.45, 2.75) is 83.5 Å². The number of para-hydroxylation sites is 6. The largest absolute Gasteiger partial charge is 0.741 e. The number of halogens is 10. The Kier molecular flexibility index (Phi) is 13.9. The van der Waals surface area contributed by atoms with E-state index >= 15 is 3.50 Å². The third-order valence-electron chi connectivity index (χ3n) is 10.2. The fourth-order valence-electron chi connectivity index (χ4n) is 8.04. The third-order valence-corrected chi connectivity index (χ3v) is 23.5. The molecular formula is C35H36F10GeN8O9S3. The number of nitrogens with zero attached hydrogens (tertiary/aromatic N) is 8. The van der Waals surface area contributed by atoms with Crippen molar-refractivity contribution in [2.75, 3.05) is 0 Å². The standard InChI is InChI=1S/C31H33F4GeN7O3S.C2H3N.2CHF3O3S/c1-4-38-22-13-7-10-16-25(22)41-28(38)19-37-20-29-39(5-2)23-14-8-11-17-26(23)42(29)36(41,35,46-47(44,45)31(32,33)34)43-27-18-12-9-15-24(27)40(6-3)30(43)21-37;1-2-3;2*2-1(3,4)8(5,6)7/h7-18H,4-6,19-21H2,1-3H3;1H3;2*(H,5,6,7)/q+2;;;/p-2. The van der Waals surface area contributed by atoms with Crippen LogP contribution in [0.2, 0.25) is 0 Å². The number of aryl methyl sites for hydroxylation is 3. The van der Waals surface area contributed by atoms with Crippen LogP contribution < -0.4 is 10.6 Å². The van der Waals surface area contributed by atoms with E-state index in [4.69, 9.17) is 34.4 Å². The number of alkyl halides is 9. The van der Waals surface area contributed by atoms with Crippen LogP contribution in [0.1, 0.15) is 45.2 Å². The zero-order chi connectivity index (χ0) is 49.8. The van der Waals surface area contributed by atoms with Crippen molar-refractivity contribution in [1.82, 2.24) is 18.6 Å². The minimum absolute atomic E-state index is 0.123. The van der Waals surface area contributed by atoms with Crippen LogP contribution in [0, 0.1) is 11.3 Å². The molecule has 3 aromatic carbocycles. The summed E-state index contributed by atoms with van der Waals surface area (Å²) in [7, 11) is -18.7. The smallest absolute Gasteiger partial charge is 0.485 e. The summed E-state index contributed by atoms with van der Waals surface area (Å²) in [5.74, 6) is 0.968. The molecule has 3 aliphatic rings. The van der Waals surface area contributed by atoms with Gasteiger partial charge in [-0.2, -0.15) is 31.6 Å². The van der Waals surface area contributed by atoms with Gasteiger partial charge in [0.15, 0.2) is 20.2 Å². The van der Waals surface area contributed by atoms with Crippen LogP contribution in [0.4, 0.5) is 43.0 Å². The SMILES string of the molecule is CC#N.CCn1c2[n+](c3ccccc31)[Ge-]1([F])([O]S(=O)(=O)C(F)(F)F)[n+]3c(n(CC)c4ccccc43)CN(C2)Cc2n(CC)c3ccccc3[n+]21.O=S(=O)([O-])C(F)(F)F.O=S(=O)([O-])C(F)(F)F. The fraction of sp³-hybridized carbons (Fsp3) is 0.371. The average Bonchev–Trinajstić information content (AvgIpc) is 3.80. The minimum Gasteiger partial charge on any atom is -0.741 e. The Balaban J connectivity index is 0.000000363. The van der Waals surface area contributed by atoms with E-state index < -0.39 is 60.5 Å². The molecular weight excluding hydrogens is 1040 g/mol. The Morgan fingerprint density at radius 1 is 0.591 bits per heavy atom. The van der Waals surface area contributed by atoms with Crippen LogP contribution in [-0.4, -0.2) is 83.1 Å². The van der Waals surface area contributed by atoms with E-state index in [1.807, 2.05) is 34.5 Å². The van der Waals surface area contributed by atoms with Crippen molar-refractivity contribution < 1.29 is 91.2 Å². The van der Waals surface area contributed by atoms with Gasteiger partial charge in [0.2, 0.25) is 0 Å². The molecule has 2 bridgehead atoms. The van der Waals surface area contributed by atoms with Gasteiger partial charge >= 0.3 is 281 Å². The van der Waals surface area contributed by atoms with Crippen LogP contribution >= 0.6 is 0 Å². The summed E-state index contributed by atoms with van der Waals surface area (Å²) >= 11 is -8.06. The number of nitriles is 1. The predicted octanol–water partition coefficient (Wildman–Crippen LogP) is 4.60. The molecule has 0 amide bonds. The third kappa shape index (κ3) is 8.62. The summed E-state index contributed by atoms with van der Waals surface area (Å²) in [4.78, 5) is 2.14. The average molecular weight is 1070 g/mol. The summed E-state index contributed by atoms with van der Waals surface area (Å²) < 4.78 is 225. The van der Waals surface area contributed by atoms with Gasteiger partial charge in [-0.25, -0.2) is 16.8 Å². The van der Waals surface area contributed by atoms with Crippen molar-refractivity contribution in [3.63, 3.8) is 0 Å². The van der Waals surface area contributed by atoms with Gasteiger partial charge in [-0.3, -0.25) is 0 Å². The maximum Gasteiger partial charge on any atom is 0.485 e. The van der Waals surface area contributed by atoms with Crippen LogP contribution in [0.5, 0.6) is 0 Å². The van der Waals surface area contributed by atoms with E-state index in [2.05, 4.69) is 4.90 Å². The van der Waals surface area contributed by atoms with Gasteiger partial charge in [0, 0.05) is 6.92 Å². The van der Waals surface area contributed by atoms with Crippen LogP contribution in [0.15, 0.2) is 72.8 Å². The molecule has 0 radical (unpaired) electrons. The molecule has 66 heavy (non-hydrogen) atoms. The number of hydrogen-bond donors (Lipinski definition) is 0. The van der Waals surface area contributed by atoms with E-state index in [0.717, 1.165) is 0 Å². The van der Waals surface area contributed by atoms with E-state index in [1.54, 1.807) is 78.9 Å². The first-order chi connectivity index (χ1) is 30.3. The minimum atomic E-state index is -8.06. The molecule has 362 valence electrons. The summed E-state index contributed by atoms with van der Waals surface area (Å²) in [5, 5.41) is 7.32. The van der Waals surface area contributed by atoms with E-state index in [0.29, 0.717) is 53.7 Å². The molecule has 0 N–H and O–H groups in total. The van der Waals surface area contributed by atoms with Gasteiger partial charge in [-0.05, 0) is 0 Å². The van der Waals surface area contributed by atoms with Gasteiger partial charge in [0.1, 0.15) is 0 Å². The normalized spacial score (nSPS) is 17.4. The Bertz CT molecular complexity index is 2970. The molecule has 0 spiro atoms. The van der Waals surface area contributed by atoms with Crippen LogP contribution in [0.25, 0.3) is 33.1 Å². The monoisotopic (exact) mass is 1070 g/mol. The van der Waals surface area contributed by atoms with E-state index in [9.17, 15) is 47.9 Å². The molecule has 0 unspecified atom stereocenters. The first kappa shape index (κ1) is 52.1. The maximum atomic E-state index is 21.0. The Morgan fingerprint density at radius 3 is 1.05 bits per heavy atom. The quantitative estimate of drug-likeness (QED) is 0.101. The fourth-order valence-corrected chi connectivity index (χ4v) is 22.0. The predicted molar refractivity (Wildman–Crippen MR) is 208 cm³/mol. The molecule has 3 aliphatic heterocycles. The zero-order valence-electron chi connectivity index (χ0n) is 34.4. The van der Waals surface area contributed by atoms with Gasteiger partial charge < -0.3 is 9.11 Å². The van der Waals surface area contributed by atoms with Crippen molar-refractivity contribution in [2.24, 2.45) is 0 Å². The molecule has 6 aromatic rings. The zero-order valence-corrected chi connectivity index (χ0v) is 39.0. The number of rotatable bonds is 5. The number of imidazole rings is 3. The summed E-state index contributed by atoms with van der Waals surface area (Å²) in [6, 6.07) is 22.3. The number of benzene rings is 3. The van der Waals surface area contributed by atoms with Crippen molar-refractivity contribution in [1.29, 1.82) is 5.26 Å². The molecule has 0 atom stereocenters. The van der Waals surface area contributed by atoms with Crippen molar-refractivity contribution >= 4 is 77.1 Å². The van der Waals surface area contributed by atoms with Gasteiger partial charge in [0.25, 0.3) is 0 Å². The van der Waals surface area contributed by atoms with Gasteiger partial charge in [-0.15, -0.1) is 0 Å². The first-order valence-electron chi connectivity index (χ1n) is 18.8. The number of hydrogen-bond acceptors (Lipinski definition) is 11. The molecule has 17 nitrogen and oxygen atoms in total. The van der Waals surface area contributed by atoms with Crippen molar-refractivity contribution in [3.05, 3.63) is 90.3 Å². The Hall–Kier alpha value is -4.91. The van der Waals surface area contributed by atoms with Gasteiger partial charge in [0.05, 0.1) is 6.07 Å². The van der Waals surface area contributed by atoms with E-state index in [1.165, 1.54) is 17.5 Å². The molecule has 31 heteroatoms. The van der Waals surface area contributed by atoms with Crippen molar-refractivity contribution in [3.8, 4) is 6.07 Å². The first-order valence-corrected chi connectivity index (χ1v) is 27.5. The maximum absolute atomic E-state index is 21.0. The Labute approximate surface area is 370 Å². The molecule has 0 saturated heterocycles. The second-order valence-corrected chi connectivity index (χ2v) is 25.9. The molecule has 0 aliphatic carbocycles. The number of fused-ring (bicyclic) bond motifs is 3.